The van der Waals surface area contributed by atoms with Crippen molar-refractivity contribution in [3.63, 3.8) is 0 Å². The smallest absolute Gasteiger partial charge is 0.257 e. The van der Waals surface area contributed by atoms with Crippen LogP contribution >= 0.6 is 0 Å². The van der Waals surface area contributed by atoms with Gasteiger partial charge >= 0.3 is 0 Å². The molecule has 3 heterocycles. The van der Waals surface area contributed by atoms with E-state index in [9.17, 15) is 4.79 Å². The van der Waals surface area contributed by atoms with E-state index >= 15 is 0 Å². The van der Waals surface area contributed by atoms with Gasteiger partial charge in [-0.1, -0.05) is 6.92 Å². The Morgan fingerprint density at radius 3 is 3.00 bits per heavy atom. The molecule has 1 fully saturated rings. The number of pyridine rings is 1. The maximum absolute atomic E-state index is 12.8. The topological polar surface area (TPSA) is 77.6 Å². The van der Waals surface area contributed by atoms with Crippen LogP contribution in [0.15, 0.2) is 24.5 Å². The second-order valence-electron chi connectivity index (χ2n) is 6.29. The summed E-state index contributed by atoms with van der Waals surface area (Å²) in [7, 11) is 1.85. The lowest BCUT2D eigenvalue weighted by molar-refractivity contribution is 0.102. The van der Waals surface area contributed by atoms with Gasteiger partial charge in [-0.25, -0.2) is 4.98 Å². The first-order valence-electron chi connectivity index (χ1n) is 8.33. The van der Waals surface area contributed by atoms with Crippen molar-refractivity contribution < 1.29 is 4.79 Å². The molecule has 7 nitrogen and oxygen atoms in total. The molecule has 24 heavy (non-hydrogen) atoms. The van der Waals surface area contributed by atoms with Crippen molar-refractivity contribution in [1.29, 1.82) is 0 Å². The highest BCUT2D eigenvalue weighted by Gasteiger charge is 2.27. The van der Waals surface area contributed by atoms with Gasteiger partial charge in [0.15, 0.2) is 11.5 Å². The van der Waals surface area contributed by atoms with Gasteiger partial charge in [0.05, 0.1) is 17.1 Å². The first kappa shape index (κ1) is 14.9. The second-order valence-corrected chi connectivity index (χ2v) is 6.29. The van der Waals surface area contributed by atoms with Gasteiger partial charge in [-0.15, -0.1) is 0 Å². The van der Waals surface area contributed by atoms with Crippen LogP contribution in [0.25, 0.3) is 11.0 Å². The average Bonchev–Trinajstić information content (AvgIpc) is 3.24. The van der Waals surface area contributed by atoms with Crippen molar-refractivity contribution in [3.8, 4) is 0 Å². The van der Waals surface area contributed by atoms with Crippen molar-refractivity contribution in [2.45, 2.75) is 38.6 Å². The molecule has 1 N–H and O–H groups in total. The Kier molecular flexibility index (Phi) is 3.55. The van der Waals surface area contributed by atoms with E-state index in [1.807, 2.05) is 30.1 Å². The van der Waals surface area contributed by atoms with Crippen LogP contribution in [0.3, 0.4) is 0 Å². The molecule has 1 aliphatic carbocycles. The molecule has 0 unspecified atom stereocenters. The fourth-order valence-corrected chi connectivity index (χ4v) is 2.88. The van der Waals surface area contributed by atoms with Gasteiger partial charge in [0.25, 0.3) is 5.91 Å². The molecular formula is C17H20N6O. The summed E-state index contributed by atoms with van der Waals surface area (Å²) < 4.78 is 3.55. The van der Waals surface area contributed by atoms with E-state index in [-0.39, 0.29) is 5.91 Å². The number of nitrogens with one attached hydrogen (secondary N) is 1. The summed E-state index contributed by atoms with van der Waals surface area (Å²) in [5.41, 5.74) is 2.34. The summed E-state index contributed by atoms with van der Waals surface area (Å²) in [4.78, 5) is 17.5. The quantitative estimate of drug-likeness (QED) is 0.783. The van der Waals surface area contributed by atoms with Gasteiger partial charge in [0.1, 0.15) is 0 Å². The minimum Gasteiger partial charge on any atom is -0.305 e. The lowest BCUT2D eigenvalue weighted by atomic mass is 10.1. The van der Waals surface area contributed by atoms with Crippen LogP contribution in [0.4, 0.5) is 5.82 Å². The molecule has 1 amide bonds. The molecule has 0 saturated heterocycles. The standard InChI is InChI=1S/C17H20N6O/c1-3-7-23-8-6-15(21-23)20-17(24)12-9-14(11-4-5-11)19-16-13(12)10-18-22(16)2/h6,8-11H,3-5,7H2,1-2H3,(H,20,21,24). The van der Waals surface area contributed by atoms with Crippen LogP contribution in [-0.2, 0) is 13.6 Å². The number of aryl methyl sites for hydroxylation is 2. The fraction of sp³-hybridized carbons (Fsp3) is 0.412. The number of aromatic nitrogens is 5. The third-order valence-corrected chi connectivity index (χ3v) is 4.30. The molecule has 0 aromatic carbocycles. The van der Waals surface area contributed by atoms with Gasteiger partial charge in [0, 0.05) is 37.5 Å². The minimum atomic E-state index is -0.168. The minimum absolute atomic E-state index is 0.168. The van der Waals surface area contributed by atoms with E-state index in [0.29, 0.717) is 17.3 Å². The number of carbonyl (C=O) groups excluding carboxylic acids is 1. The van der Waals surface area contributed by atoms with Crippen LogP contribution in [-0.4, -0.2) is 30.5 Å². The molecule has 0 radical (unpaired) electrons. The Bertz CT molecular complexity index is 905. The van der Waals surface area contributed by atoms with Crippen LogP contribution in [0.2, 0.25) is 0 Å². The first-order chi connectivity index (χ1) is 11.7. The molecular weight excluding hydrogens is 304 g/mol. The highest BCUT2D eigenvalue weighted by atomic mass is 16.1. The second kappa shape index (κ2) is 5.74. The summed E-state index contributed by atoms with van der Waals surface area (Å²) in [5, 5.41) is 12.3. The number of amides is 1. The molecule has 3 aromatic heterocycles. The molecule has 0 aliphatic heterocycles. The molecule has 0 spiro atoms. The van der Waals surface area contributed by atoms with E-state index < -0.39 is 0 Å². The Hall–Kier alpha value is -2.70. The zero-order valence-corrected chi connectivity index (χ0v) is 13.9. The Labute approximate surface area is 139 Å². The molecule has 1 aliphatic rings. The van der Waals surface area contributed by atoms with E-state index in [1.165, 1.54) is 0 Å². The number of rotatable bonds is 5. The molecule has 1 saturated carbocycles. The summed E-state index contributed by atoms with van der Waals surface area (Å²) in [6, 6.07) is 3.72. The van der Waals surface area contributed by atoms with Gasteiger partial charge in [-0.3, -0.25) is 14.2 Å². The number of hydrogen-bond donors (Lipinski definition) is 1. The molecule has 0 bridgehead atoms. The van der Waals surface area contributed by atoms with E-state index in [0.717, 1.165) is 42.5 Å². The predicted octanol–water partition coefficient (Wildman–Crippen LogP) is 2.70. The van der Waals surface area contributed by atoms with Crippen molar-refractivity contribution in [2.24, 2.45) is 7.05 Å². The Balaban J connectivity index is 1.67. The van der Waals surface area contributed by atoms with Crippen LogP contribution < -0.4 is 5.32 Å². The zero-order chi connectivity index (χ0) is 16.7. The molecule has 7 heteroatoms. The van der Waals surface area contributed by atoms with E-state index in [2.05, 4.69) is 27.4 Å². The number of fused-ring (bicyclic) bond motifs is 1. The maximum Gasteiger partial charge on any atom is 0.257 e. The first-order valence-corrected chi connectivity index (χ1v) is 8.33. The summed E-state index contributed by atoms with van der Waals surface area (Å²) >= 11 is 0. The average molecular weight is 324 g/mol. The highest BCUT2D eigenvalue weighted by molar-refractivity contribution is 6.11. The van der Waals surface area contributed by atoms with Crippen LogP contribution in [0.5, 0.6) is 0 Å². The van der Waals surface area contributed by atoms with Gasteiger partial charge < -0.3 is 5.32 Å². The summed E-state index contributed by atoms with van der Waals surface area (Å²) in [6.07, 6.45) is 6.85. The summed E-state index contributed by atoms with van der Waals surface area (Å²) in [5.74, 6) is 0.869. The lowest BCUT2D eigenvalue weighted by Crippen LogP contribution is -2.14. The van der Waals surface area contributed by atoms with Gasteiger partial charge in [-0.2, -0.15) is 10.2 Å². The molecule has 4 rings (SSSR count). The fourth-order valence-electron chi connectivity index (χ4n) is 2.88. The molecule has 3 aromatic rings. The van der Waals surface area contributed by atoms with Crippen molar-refractivity contribution in [1.82, 2.24) is 24.5 Å². The number of anilines is 1. The maximum atomic E-state index is 12.8. The number of hydrogen-bond acceptors (Lipinski definition) is 4. The number of carbonyl (C=O) groups is 1. The third kappa shape index (κ3) is 2.66. The lowest BCUT2D eigenvalue weighted by Gasteiger charge is -2.07. The monoisotopic (exact) mass is 324 g/mol. The van der Waals surface area contributed by atoms with Crippen molar-refractivity contribution in [3.05, 3.63) is 35.8 Å². The van der Waals surface area contributed by atoms with Crippen molar-refractivity contribution >= 4 is 22.8 Å². The largest absolute Gasteiger partial charge is 0.305 e. The Morgan fingerprint density at radius 2 is 2.25 bits per heavy atom. The zero-order valence-electron chi connectivity index (χ0n) is 13.9. The predicted molar refractivity (Wildman–Crippen MR) is 91.0 cm³/mol. The van der Waals surface area contributed by atoms with Gasteiger partial charge in [-0.05, 0) is 25.3 Å². The van der Waals surface area contributed by atoms with Gasteiger partial charge in [0.2, 0.25) is 0 Å². The van der Waals surface area contributed by atoms with Crippen LogP contribution in [0, 0.1) is 0 Å². The molecule has 0 atom stereocenters. The van der Waals surface area contributed by atoms with Crippen LogP contribution in [0.1, 0.15) is 48.2 Å². The normalized spacial score (nSPS) is 14.2. The Morgan fingerprint density at radius 1 is 1.42 bits per heavy atom. The van der Waals surface area contributed by atoms with E-state index in [4.69, 9.17) is 0 Å². The highest BCUT2D eigenvalue weighted by Crippen LogP contribution is 2.40. The number of nitrogens with zero attached hydrogens (tertiary/aromatic N) is 5. The summed E-state index contributed by atoms with van der Waals surface area (Å²) in [6.45, 7) is 2.93. The van der Waals surface area contributed by atoms with E-state index in [1.54, 1.807) is 10.9 Å². The van der Waals surface area contributed by atoms with Crippen molar-refractivity contribution in [2.75, 3.05) is 5.32 Å². The third-order valence-electron chi connectivity index (χ3n) is 4.30. The SMILES string of the molecule is CCCn1ccc(NC(=O)c2cc(C3CC3)nc3c2cnn3C)n1. The molecule has 124 valence electrons.